The van der Waals surface area contributed by atoms with E-state index >= 15 is 0 Å². The molecule has 0 bridgehead atoms. The van der Waals surface area contributed by atoms with Gasteiger partial charge in [-0.25, -0.2) is 0 Å². The molecule has 204 valence electrons. The fraction of sp³-hybridized carbons (Fsp3) is 0.867. The summed E-state index contributed by atoms with van der Waals surface area (Å²) in [5.74, 6) is -0.0969. The topological polar surface area (TPSA) is 115 Å². The van der Waals surface area contributed by atoms with E-state index in [2.05, 4.69) is 34.6 Å². The molecule has 0 amide bonds. The summed E-state index contributed by atoms with van der Waals surface area (Å²) in [5, 5.41) is 43.2. The second-order valence-corrected chi connectivity index (χ2v) is 14.6. The Morgan fingerprint density at radius 3 is 2.22 bits per heavy atom. The SMILES string of the molecule is C[C@H](C[C@H](O)[C@@H](O)C(C)(C)O)[C@@]1(O)CC[C@@]2(C)C1=CC(=O)[C@H]1[C@@]3(C)CCC(=O)C(C)(C)[C@@H]3CC[C@@]12C. The van der Waals surface area contributed by atoms with Gasteiger partial charge in [0.1, 0.15) is 11.9 Å². The van der Waals surface area contributed by atoms with Gasteiger partial charge in [-0.1, -0.05) is 41.5 Å². The molecule has 0 heterocycles. The first kappa shape index (κ1) is 27.9. The fourth-order valence-corrected chi connectivity index (χ4v) is 9.44. The van der Waals surface area contributed by atoms with Crippen molar-refractivity contribution in [3.63, 3.8) is 0 Å². The van der Waals surface area contributed by atoms with Gasteiger partial charge in [0, 0.05) is 17.8 Å². The molecular formula is C30H48O6. The number of fused-ring (bicyclic) bond motifs is 5. The van der Waals surface area contributed by atoms with E-state index in [1.165, 1.54) is 13.8 Å². The summed E-state index contributed by atoms with van der Waals surface area (Å²) >= 11 is 0. The van der Waals surface area contributed by atoms with Gasteiger partial charge >= 0.3 is 0 Å². The number of ketones is 2. The van der Waals surface area contributed by atoms with E-state index in [0.717, 1.165) is 31.3 Å². The Morgan fingerprint density at radius 1 is 1.03 bits per heavy atom. The smallest absolute Gasteiger partial charge is 0.159 e. The molecule has 3 fully saturated rings. The first-order chi connectivity index (χ1) is 16.3. The highest BCUT2D eigenvalue weighted by atomic mass is 16.4. The molecule has 6 heteroatoms. The van der Waals surface area contributed by atoms with Crippen molar-refractivity contribution >= 4 is 11.6 Å². The number of aliphatic hydroxyl groups is 4. The maximum atomic E-state index is 14.0. The van der Waals surface area contributed by atoms with Crippen molar-refractivity contribution < 1.29 is 30.0 Å². The average Bonchev–Trinajstić information content (AvgIpc) is 3.03. The largest absolute Gasteiger partial charge is 0.390 e. The van der Waals surface area contributed by atoms with Crippen molar-refractivity contribution in [2.45, 2.75) is 124 Å². The van der Waals surface area contributed by atoms with Crippen LogP contribution in [-0.2, 0) is 9.59 Å². The molecule has 0 spiro atoms. The van der Waals surface area contributed by atoms with Crippen LogP contribution in [0.5, 0.6) is 0 Å². The van der Waals surface area contributed by atoms with Gasteiger partial charge in [0.05, 0.1) is 17.3 Å². The van der Waals surface area contributed by atoms with Crippen LogP contribution in [0, 0.1) is 39.4 Å². The molecule has 0 unspecified atom stereocenters. The van der Waals surface area contributed by atoms with E-state index in [1.54, 1.807) is 6.08 Å². The minimum Gasteiger partial charge on any atom is -0.390 e. The first-order valence-corrected chi connectivity index (χ1v) is 13.9. The van der Waals surface area contributed by atoms with E-state index in [1.807, 2.05) is 6.92 Å². The Labute approximate surface area is 216 Å². The molecule has 36 heavy (non-hydrogen) atoms. The summed E-state index contributed by atoms with van der Waals surface area (Å²) in [7, 11) is 0. The lowest BCUT2D eigenvalue weighted by Crippen LogP contribution is -2.64. The zero-order valence-corrected chi connectivity index (χ0v) is 23.5. The first-order valence-electron chi connectivity index (χ1n) is 13.9. The fourth-order valence-electron chi connectivity index (χ4n) is 9.44. The van der Waals surface area contributed by atoms with Crippen LogP contribution >= 0.6 is 0 Å². The molecular weight excluding hydrogens is 456 g/mol. The molecule has 0 aromatic rings. The lowest BCUT2D eigenvalue weighted by molar-refractivity contribution is -0.180. The second kappa shape index (κ2) is 8.21. The van der Waals surface area contributed by atoms with Crippen molar-refractivity contribution in [3.8, 4) is 0 Å². The molecule has 0 aliphatic heterocycles. The van der Waals surface area contributed by atoms with Crippen LogP contribution in [0.25, 0.3) is 0 Å². The molecule has 3 saturated carbocycles. The van der Waals surface area contributed by atoms with E-state index in [0.29, 0.717) is 18.6 Å². The number of allylic oxidation sites excluding steroid dienone is 1. The van der Waals surface area contributed by atoms with Crippen molar-refractivity contribution in [3.05, 3.63) is 11.6 Å². The standard InChI is InChI=1S/C30H48O6/c1-17(15-19(32)24(34)26(4,5)35)30(36)14-13-28(7)21(30)16-18(31)23-27(6)11-10-22(33)25(2,3)20(27)9-12-29(23,28)8/h16-17,19-20,23-24,32,34-36H,9-15H2,1-8H3/t17-,19+,20+,23+,24-,27+,28+,29+,30+/m1/s1. The molecule has 9 atom stereocenters. The quantitative estimate of drug-likeness (QED) is 0.450. The van der Waals surface area contributed by atoms with Gasteiger partial charge in [-0.15, -0.1) is 0 Å². The Bertz CT molecular complexity index is 976. The number of carbonyl (C=O) groups is 2. The van der Waals surface area contributed by atoms with E-state index in [4.69, 9.17) is 0 Å². The minimum atomic E-state index is -1.46. The summed E-state index contributed by atoms with van der Waals surface area (Å²) in [5.41, 5.74) is -3.40. The third kappa shape index (κ3) is 3.57. The number of hydrogen-bond acceptors (Lipinski definition) is 6. The Hall–Kier alpha value is -1.08. The van der Waals surface area contributed by atoms with Crippen LogP contribution in [0.1, 0.15) is 100 Å². The summed E-state index contributed by atoms with van der Waals surface area (Å²) < 4.78 is 0. The van der Waals surface area contributed by atoms with Crippen LogP contribution in [0.15, 0.2) is 11.6 Å². The molecule has 4 N–H and O–H groups in total. The maximum absolute atomic E-state index is 14.0. The number of rotatable bonds is 5. The van der Waals surface area contributed by atoms with Crippen LogP contribution < -0.4 is 0 Å². The molecule has 6 nitrogen and oxygen atoms in total. The normalized spacial score (nSPS) is 44.7. The second-order valence-electron chi connectivity index (χ2n) is 14.6. The summed E-state index contributed by atoms with van der Waals surface area (Å²) in [6.07, 6.45) is 3.48. The van der Waals surface area contributed by atoms with Gasteiger partial charge < -0.3 is 20.4 Å². The number of Topliss-reactive ketones (excluding diaryl/α,β-unsaturated/α-hetero) is 1. The number of carbonyl (C=O) groups excluding carboxylic acids is 2. The van der Waals surface area contributed by atoms with Gasteiger partial charge in [0.15, 0.2) is 5.78 Å². The Morgan fingerprint density at radius 2 is 1.64 bits per heavy atom. The van der Waals surface area contributed by atoms with Gasteiger partial charge in [-0.3, -0.25) is 9.59 Å². The summed E-state index contributed by atoms with van der Waals surface area (Å²) in [4.78, 5) is 26.9. The van der Waals surface area contributed by atoms with Gasteiger partial charge in [-0.05, 0) is 92.1 Å². The molecule has 0 aromatic heterocycles. The third-order valence-electron chi connectivity index (χ3n) is 11.9. The van der Waals surface area contributed by atoms with Crippen LogP contribution in [0.4, 0.5) is 0 Å². The molecule has 0 saturated heterocycles. The highest BCUT2D eigenvalue weighted by Crippen LogP contribution is 2.73. The lowest BCUT2D eigenvalue weighted by atomic mass is 9.36. The third-order valence-corrected chi connectivity index (χ3v) is 11.9. The number of aliphatic hydroxyl groups excluding tert-OH is 2. The molecule has 0 radical (unpaired) electrons. The zero-order chi connectivity index (χ0) is 27.3. The molecule has 4 rings (SSSR count). The molecule has 4 aliphatic rings. The zero-order valence-electron chi connectivity index (χ0n) is 23.5. The van der Waals surface area contributed by atoms with E-state index in [-0.39, 0.29) is 40.3 Å². The number of hydrogen-bond donors (Lipinski definition) is 4. The van der Waals surface area contributed by atoms with Crippen LogP contribution in [-0.4, -0.2) is 55.4 Å². The highest BCUT2D eigenvalue weighted by Gasteiger charge is 2.71. The van der Waals surface area contributed by atoms with E-state index < -0.39 is 34.7 Å². The Balaban J connectivity index is 1.72. The Kier molecular flexibility index (Phi) is 6.37. The van der Waals surface area contributed by atoms with Crippen LogP contribution in [0.2, 0.25) is 0 Å². The predicted molar refractivity (Wildman–Crippen MR) is 138 cm³/mol. The predicted octanol–water partition coefficient (Wildman–Crippen LogP) is 3.97. The maximum Gasteiger partial charge on any atom is 0.159 e. The van der Waals surface area contributed by atoms with Crippen molar-refractivity contribution in [1.29, 1.82) is 0 Å². The van der Waals surface area contributed by atoms with Crippen molar-refractivity contribution in [2.24, 2.45) is 39.4 Å². The average molecular weight is 505 g/mol. The summed E-state index contributed by atoms with van der Waals surface area (Å²) in [6, 6.07) is 0. The molecule has 0 aromatic carbocycles. The van der Waals surface area contributed by atoms with E-state index in [9.17, 15) is 30.0 Å². The van der Waals surface area contributed by atoms with Crippen LogP contribution in [0.3, 0.4) is 0 Å². The minimum absolute atomic E-state index is 0.0620. The van der Waals surface area contributed by atoms with Gasteiger partial charge in [-0.2, -0.15) is 0 Å². The highest BCUT2D eigenvalue weighted by molar-refractivity contribution is 5.96. The summed E-state index contributed by atoms with van der Waals surface area (Å²) in [6.45, 7) is 15.5. The molecule has 4 aliphatic carbocycles. The van der Waals surface area contributed by atoms with Gasteiger partial charge in [0.25, 0.3) is 0 Å². The monoisotopic (exact) mass is 504 g/mol. The van der Waals surface area contributed by atoms with Crippen molar-refractivity contribution in [1.82, 2.24) is 0 Å². The van der Waals surface area contributed by atoms with Gasteiger partial charge in [0.2, 0.25) is 0 Å². The lowest BCUT2D eigenvalue weighted by Gasteiger charge is -2.66. The van der Waals surface area contributed by atoms with Crippen molar-refractivity contribution in [2.75, 3.05) is 0 Å².